The fourth-order valence-corrected chi connectivity index (χ4v) is 2.25. The van der Waals surface area contributed by atoms with E-state index >= 15 is 0 Å². The molecule has 0 aliphatic carbocycles. The number of esters is 1. The average Bonchev–Trinajstić information content (AvgIpc) is 2.58. The predicted molar refractivity (Wildman–Crippen MR) is 65.2 cm³/mol. The Labute approximate surface area is 104 Å². The van der Waals surface area contributed by atoms with Crippen molar-refractivity contribution < 1.29 is 9.53 Å². The van der Waals surface area contributed by atoms with E-state index in [9.17, 15) is 4.79 Å². The van der Waals surface area contributed by atoms with Crippen molar-refractivity contribution in [3.8, 4) is 0 Å². The summed E-state index contributed by atoms with van der Waals surface area (Å²) >= 11 is 7.94. The zero-order valence-electron chi connectivity index (χ0n) is 7.67. The normalized spacial score (nSPS) is 10.6. The first-order valence-electron chi connectivity index (χ1n) is 4.05. The molecular formula is C9H6ClIN2O2. The summed E-state index contributed by atoms with van der Waals surface area (Å²) in [6.07, 6.45) is 0. The van der Waals surface area contributed by atoms with E-state index in [2.05, 4.69) is 37.5 Å². The first kappa shape index (κ1) is 10.7. The third-order valence-corrected chi connectivity index (χ3v) is 2.98. The van der Waals surface area contributed by atoms with Gasteiger partial charge in [0.25, 0.3) is 0 Å². The molecule has 2 rings (SSSR count). The number of hydrogen-bond acceptors (Lipinski definition) is 3. The molecule has 1 aromatic carbocycles. The Kier molecular flexibility index (Phi) is 2.83. The lowest BCUT2D eigenvalue weighted by atomic mass is 10.1. The van der Waals surface area contributed by atoms with Crippen LogP contribution in [-0.4, -0.2) is 23.3 Å². The molecule has 0 radical (unpaired) electrons. The SMILES string of the molecule is COC(=O)c1cc(Cl)cc2n[nH]c(I)c12. The molecule has 1 N–H and O–H groups in total. The molecule has 15 heavy (non-hydrogen) atoms. The number of nitrogens with zero attached hydrogens (tertiary/aromatic N) is 1. The number of carbonyl (C=O) groups is 1. The van der Waals surface area contributed by atoms with Gasteiger partial charge in [0.2, 0.25) is 0 Å². The highest BCUT2D eigenvalue weighted by molar-refractivity contribution is 14.1. The number of carbonyl (C=O) groups excluding carboxylic acids is 1. The van der Waals surface area contributed by atoms with Crippen LogP contribution in [0.2, 0.25) is 5.02 Å². The lowest BCUT2D eigenvalue weighted by molar-refractivity contribution is 0.0603. The van der Waals surface area contributed by atoms with Gasteiger partial charge in [-0.25, -0.2) is 4.79 Å². The van der Waals surface area contributed by atoms with Gasteiger partial charge in [-0.1, -0.05) is 11.6 Å². The number of hydrogen-bond donors (Lipinski definition) is 1. The number of aromatic nitrogens is 2. The zero-order chi connectivity index (χ0) is 11.0. The Morgan fingerprint density at radius 1 is 1.60 bits per heavy atom. The van der Waals surface area contributed by atoms with Crippen LogP contribution in [0.3, 0.4) is 0 Å². The van der Waals surface area contributed by atoms with Gasteiger partial charge in [-0.2, -0.15) is 5.10 Å². The summed E-state index contributed by atoms with van der Waals surface area (Å²) in [5.74, 6) is -0.415. The Bertz CT molecular complexity index is 538. The molecule has 1 aromatic heterocycles. The van der Waals surface area contributed by atoms with E-state index in [0.717, 1.165) is 9.09 Å². The second kappa shape index (κ2) is 3.97. The molecule has 0 bridgehead atoms. The monoisotopic (exact) mass is 336 g/mol. The second-order valence-electron chi connectivity index (χ2n) is 2.88. The number of halogens is 2. The molecule has 0 saturated heterocycles. The largest absolute Gasteiger partial charge is 0.465 e. The molecule has 0 saturated carbocycles. The Hall–Kier alpha value is -0.820. The van der Waals surface area contributed by atoms with Gasteiger partial charge in [0.1, 0.15) is 3.70 Å². The highest BCUT2D eigenvalue weighted by Crippen LogP contribution is 2.26. The zero-order valence-corrected chi connectivity index (χ0v) is 10.6. The number of methoxy groups -OCH3 is 1. The van der Waals surface area contributed by atoms with E-state index in [0.29, 0.717) is 16.1 Å². The van der Waals surface area contributed by atoms with Gasteiger partial charge in [0.05, 0.1) is 18.2 Å². The van der Waals surface area contributed by atoms with E-state index in [4.69, 9.17) is 11.6 Å². The van der Waals surface area contributed by atoms with Gasteiger partial charge in [0.15, 0.2) is 0 Å². The number of fused-ring (bicyclic) bond motifs is 1. The van der Waals surface area contributed by atoms with Gasteiger partial charge in [0, 0.05) is 10.4 Å². The maximum atomic E-state index is 11.5. The first-order valence-corrected chi connectivity index (χ1v) is 5.50. The van der Waals surface area contributed by atoms with Crippen LogP contribution < -0.4 is 0 Å². The Morgan fingerprint density at radius 3 is 3.00 bits per heavy atom. The number of ether oxygens (including phenoxy) is 1. The summed E-state index contributed by atoms with van der Waals surface area (Å²) in [5.41, 5.74) is 1.09. The van der Waals surface area contributed by atoms with Crippen LogP contribution >= 0.6 is 34.2 Å². The molecule has 0 unspecified atom stereocenters. The Morgan fingerprint density at radius 2 is 2.33 bits per heavy atom. The van der Waals surface area contributed by atoms with Crippen molar-refractivity contribution in [1.29, 1.82) is 0 Å². The predicted octanol–water partition coefficient (Wildman–Crippen LogP) is 2.61. The minimum atomic E-state index is -0.415. The maximum Gasteiger partial charge on any atom is 0.338 e. The highest BCUT2D eigenvalue weighted by atomic mass is 127. The van der Waals surface area contributed by atoms with Crippen molar-refractivity contribution in [3.05, 3.63) is 26.4 Å². The third kappa shape index (κ3) is 1.81. The van der Waals surface area contributed by atoms with Crippen LogP contribution in [0.25, 0.3) is 10.9 Å². The lowest BCUT2D eigenvalue weighted by Crippen LogP contribution is -2.02. The Balaban J connectivity index is 2.80. The molecule has 1 heterocycles. The van der Waals surface area contributed by atoms with Gasteiger partial charge in [-0.05, 0) is 34.7 Å². The molecule has 0 aliphatic heterocycles. The number of benzene rings is 1. The van der Waals surface area contributed by atoms with E-state index in [-0.39, 0.29) is 0 Å². The molecule has 0 amide bonds. The van der Waals surface area contributed by atoms with Crippen molar-refractivity contribution in [3.63, 3.8) is 0 Å². The number of H-pyrrole nitrogens is 1. The average molecular weight is 337 g/mol. The molecular weight excluding hydrogens is 330 g/mol. The first-order chi connectivity index (χ1) is 7.13. The van der Waals surface area contributed by atoms with Crippen LogP contribution in [0.1, 0.15) is 10.4 Å². The van der Waals surface area contributed by atoms with E-state index in [1.54, 1.807) is 12.1 Å². The molecule has 4 nitrogen and oxygen atoms in total. The second-order valence-corrected chi connectivity index (χ2v) is 4.39. The van der Waals surface area contributed by atoms with E-state index in [1.807, 2.05) is 0 Å². The van der Waals surface area contributed by atoms with Crippen LogP contribution in [0.4, 0.5) is 0 Å². The minimum Gasteiger partial charge on any atom is -0.465 e. The number of aromatic amines is 1. The van der Waals surface area contributed by atoms with Gasteiger partial charge in [-0.3, -0.25) is 5.10 Å². The molecule has 6 heteroatoms. The van der Waals surface area contributed by atoms with Crippen molar-refractivity contribution in [2.45, 2.75) is 0 Å². The van der Waals surface area contributed by atoms with Crippen molar-refractivity contribution in [1.82, 2.24) is 10.2 Å². The van der Waals surface area contributed by atoms with Crippen LogP contribution in [0.15, 0.2) is 12.1 Å². The van der Waals surface area contributed by atoms with Crippen molar-refractivity contribution in [2.24, 2.45) is 0 Å². The van der Waals surface area contributed by atoms with Crippen LogP contribution in [-0.2, 0) is 4.74 Å². The molecule has 0 fully saturated rings. The quantitative estimate of drug-likeness (QED) is 0.643. The minimum absolute atomic E-state index is 0.415. The van der Waals surface area contributed by atoms with Crippen LogP contribution in [0, 0.1) is 3.70 Å². The van der Waals surface area contributed by atoms with Crippen molar-refractivity contribution >= 4 is 51.1 Å². The lowest BCUT2D eigenvalue weighted by Gasteiger charge is -2.01. The molecule has 0 atom stereocenters. The van der Waals surface area contributed by atoms with Gasteiger partial charge < -0.3 is 4.74 Å². The number of nitrogens with one attached hydrogen (secondary N) is 1. The smallest absolute Gasteiger partial charge is 0.338 e. The van der Waals surface area contributed by atoms with Gasteiger partial charge in [-0.15, -0.1) is 0 Å². The molecule has 2 aromatic rings. The highest BCUT2D eigenvalue weighted by Gasteiger charge is 2.16. The summed E-state index contributed by atoms with van der Waals surface area (Å²) in [6.45, 7) is 0. The molecule has 78 valence electrons. The summed E-state index contributed by atoms with van der Waals surface area (Å²) in [6, 6.07) is 3.27. The number of rotatable bonds is 1. The van der Waals surface area contributed by atoms with E-state index < -0.39 is 5.97 Å². The van der Waals surface area contributed by atoms with E-state index in [1.165, 1.54) is 7.11 Å². The molecule has 0 spiro atoms. The maximum absolute atomic E-state index is 11.5. The fraction of sp³-hybridized carbons (Fsp3) is 0.111. The standard InChI is InChI=1S/C9H6ClIN2O2/c1-15-9(14)5-2-4(10)3-6-7(5)8(11)13-12-6/h2-3H,1H3,(H,12,13). The van der Waals surface area contributed by atoms with Crippen molar-refractivity contribution in [2.75, 3.05) is 7.11 Å². The summed E-state index contributed by atoms with van der Waals surface area (Å²) in [4.78, 5) is 11.5. The summed E-state index contributed by atoms with van der Waals surface area (Å²) in [7, 11) is 1.34. The summed E-state index contributed by atoms with van der Waals surface area (Å²) in [5, 5.41) is 8.03. The topological polar surface area (TPSA) is 55.0 Å². The van der Waals surface area contributed by atoms with Gasteiger partial charge >= 0.3 is 5.97 Å². The summed E-state index contributed by atoms with van der Waals surface area (Å²) < 4.78 is 5.47. The van der Waals surface area contributed by atoms with Crippen LogP contribution in [0.5, 0.6) is 0 Å². The molecule has 0 aliphatic rings. The fourth-order valence-electron chi connectivity index (χ4n) is 1.35. The third-order valence-electron chi connectivity index (χ3n) is 1.98.